The van der Waals surface area contributed by atoms with E-state index in [9.17, 15) is 14.4 Å². The molecule has 1 saturated heterocycles. The summed E-state index contributed by atoms with van der Waals surface area (Å²) in [7, 11) is 0. The van der Waals surface area contributed by atoms with Crippen LogP contribution in [0.3, 0.4) is 0 Å². The normalized spacial score (nSPS) is 18.9. The second kappa shape index (κ2) is 7.70. The Morgan fingerprint density at radius 3 is 2.38 bits per heavy atom. The average Bonchev–Trinajstić information content (AvgIpc) is 2.89. The number of hydrogen-bond donors (Lipinski definition) is 2. The highest BCUT2D eigenvalue weighted by molar-refractivity contribution is 6.10. The minimum absolute atomic E-state index is 0.336. The first kappa shape index (κ1) is 20.6. The summed E-state index contributed by atoms with van der Waals surface area (Å²) in [5, 5.41) is 5.54. The molecule has 0 bridgehead atoms. The fraction of sp³-hybridized carbons (Fsp3) is 0.348. The number of carbonyl (C=O) groups excluding carboxylic acids is 3. The molecule has 0 spiro atoms. The van der Waals surface area contributed by atoms with Gasteiger partial charge in [-0.15, -0.1) is 0 Å². The molecule has 1 aliphatic heterocycles. The summed E-state index contributed by atoms with van der Waals surface area (Å²) in [6.45, 7) is 9.39. The van der Waals surface area contributed by atoms with Crippen LogP contribution in [-0.4, -0.2) is 29.3 Å². The number of aryl methyl sites for hydroxylation is 1. The second-order valence-corrected chi connectivity index (χ2v) is 8.02. The Labute approximate surface area is 171 Å². The highest BCUT2D eigenvalue weighted by atomic mass is 16.2. The van der Waals surface area contributed by atoms with Gasteiger partial charge in [0.2, 0.25) is 5.91 Å². The van der Waals surface area contributed by atoms with Crippen LogP contribution < -0.4 is 10.6 Å². The number of hydrogen-bond acceptors (Lipinski definition) is 3. The van der Waals surface area contributed by atoms with Crippen molar-refractivity contribution >= 4 is 23.5 Å². The van der Waals surface area contributed by atoms with Gasteiger partial charge in [-0.3, -0.25) is 14.5 Å². The number of imide groups is 1. The molecule has 0 radical (unpaired) electrons. The van der Waals surface area contributed by atoms with Crippen molar-refractivity contribution in [2.24, 2.45) is 0 Å². The van der Waals surface area contributed by atoms with Crippen molar-refractivity contribution in [3.63, 3.8) is 0 Å². The van der Waals surface area contributed by atoms with Gasteiger partial charge in [0.15, 0.2) is 0 Å². The SMILES string of the molecule is Cc1cccc(NC(=O)CN2C(=O)NC(C)(c3ccc(C(C)C)cc3)C2=O)c1C. The fourth-order valence-corrected chi connectivity index (χ4v) is 3.46. The van der Waals surface area contributed by atoms with Gasteiger partial charge in [-0.2, -0.15) is 0 Å². The number of nitrogens with one attached hydrogen (secondary N) is 2. The standard InChI is InChI=1S/C23H27N3O3/c1-14(2)17-9-11-18(12-10-17)23(5)21(28)26(22(29)25-23)13-20(27)24-19-8-6-7-15(3)16(19)4/h6-12,14H,13H2,1-5H3,(H,24,27)(H,25,29). The van der Waals surface area contributed by atoms with Crippen LogP contribution in [0.25, 0.3) is 0 Å². The van der Waals surface area contributed by atoms with E-state index in [1.165, 1.54) is 0 Å². The monoisotopic (exact) mass is 393 g/mol. The number of benzene rings is 2. The van der Waals surface area contributed by atoms with Gasteiger partial charge in [-0.25, -0.2) is 4.79 Å². The maximum absolute atomic E-state index is 13.0. The number of carbonyl (C=O) groups is 3. The van der Waals surface area contributed by atoms with E-state index in [-0.39, 0.29) is 6.54 Å². The summed E-state index contributed by atoms with van der Waals surface area (Å²) < 4.78 is 0. The molecule has 1 heterocycles. The fourth-order valence-electron chi connectivity index (χ4n) is 3.46. The topological polar surface area (TPSA) is 78.5 Å². The molecule has 1 fully saturated rings. The zero-order valence-electron chi connectivity index (χ0n) is 17.5. The molecule has 1 atom stereocenters. The van der Waals surface area contributed by atoms with Crippen LogP contribution in [0.5, 0.6) is 0 Å². The van der Waals surface area contributed by atoms with Gasteiger partial charge in [-0.1, -0.05) is 50.2 Å². The van der Waals surface area contributed by atoms with E-state index in [4.69, 9.17) is 0 Å². The molecule has 152 valence electrons. The molecule has 29 heavy (non-hydrogen) atoms. The van der Waals surface area contributed by atoms with E-state index in [2.05, 4.69) is 24.5 Å². The lowest BCUT2D eigenvalue weighted by atomic mass is 9.90. The van der Waals surface area contributed by atoms with Crippen LogP contribution in [0.4, 0.5) is 10.5 Å². The Kier molecular flexibility index (Phi) is 5.46. The number of amides is 4. The predicted octanol–water partition coefficient (Wildman–Crippen LogP) is 3.83. The molecule has 0 aliphatic carbocycles. The Hall–Kier alpha value is -3.15. The van der Waals surface area contributed by atoms with Crippen molar-refractivity contribution in [1.29, 1.82) is 0 Å². The molecular formula is C23H27N3O3. The smallest absolute Gasteiger partial charge is 0.324 e. The summed E-state index contributed by atoms with van der Waals surface area (Å²) in [6.07, 6.45) is 0. The van der Waals surface area contributed by atoms with Crippen LogP contribution in [0.15, 0.2) is 42.5 Å². The minimum atomic E-state index is -1.19. The lowest BCUT2D eigenvalue weighted by Crippen LogP contribution is -2.42. The molecule has 2 aromatic carbocycles. The second-order valence-electron chi connectivity index (χ2n) is 8.02. The molecule has 1 aliphatic rings. The highest BCUT2D eigenvalue weighted by Crippen LogP contribution is 2.30. The number of nitrogens with zero attached hydrogens (tertiary/aromatic N) is 1. The first-order valence-electron chi connectivity index (χ1n) is 9.74. The summed E-state index contributed by atoms with van der Waals surface area (Å²) in [4.78, 5) is 39.0. The third kappa shape index (κ3) is 3.88. The third-order valence-electron chi connectivity index (χ3n) is 5.61. The number of anilines is 1. The van der Waals surface area contributed by atoms with Gasteiger partial charge in [0.05, 0.1) is 0 Å². The van der Waals surface area contributed by atoms with E-state index >= 15 is 0 Å². The summed E-state index contributed by atoms with van der Waals surface area (Å²) >= 11 is 0. The van der Waals surface area contributed by atoms with E-state index in [0.717, 1.165) is 21.6 Å². The first-order valence-corrected chi connectivity index (χ1v) is 9.74. The van der Waals surface area contributed by atoms with Gasteiger partial charge < -0.3 is 10.6 Å². The van der Waals surface area contributed by atoms with E-state index in [0.29, 0.717) is 17.2 Å². The minimum Gasteiger partial charge on any atom is -0.324 e. The van der Waals surface area contributed by atoms with E-state index < -0.39 is 23.4 Å². The molecule has 4 amide bonds. The van der Waals surface area contributed by atoms with Crippen LogP contribution in [0, 0.1) is 13.8 Å². The zero-order chi connectivity index (χ0) is 21.3. The van der Waals surface area contributed by atoms with Crippen molar-refractivity contribution in [1.82, 2.24) is 10.2 Å². The summed E-state index contributed by atoms with van der Waals surface area (Å²) in [6, 6.07) is 12.7. The average molecular weight is 393 g/mol. The Morgan fingerprint density at radius 2 is 1.76 bits per heavy atom. The molecule has 1 unspecified atom stereocenters. The summed E-state index contributed by atoms with van der Waals surface area (Å²) in [5.41, 5.74) is 3.33. The quantitative estimate of drug-likeness (QED) is 0.758. The number of rotatable bonds is 5. The largest absolute Gasteiger partial charge is 0.325 e. The molecule has 0 aromatic heterocycles. The van der Waals surface area contributed by atoms with Crippen molar-refractivity contribution in [2.45, 2.75) is 46.1 Å². The van der Waals surface area contributed by atoms with Crippen molar-refractivity contribution in [3.05, 3.63) is 64.7 Å². The lowest BCUT2D eigenvalue weighted by Gasteiger charge is -2.23. The molecule has 0 saturated carbocycles. The molecule has 2 aromatic rings. The van der Waals surface area contributed by atoms with E-state index in [1.807, 2.05) is 50.2 Å². The Bertz CT molecular complexity index is 966. The predicted molar refractivity (Wildman–Crippen MR) is 113 cm³/mol. The Balaban J connectivity index is 1.76. The molecule has 6 heteroatoms. The van der Waals surface area contributed by atoms with Crippen molar-refractivity contribution < 1.29 is 14.4 Å². The molecular weight excluding hydrogens is 366 g/mol. The first-order chi connectivity index (χ1) is 13.6. The zero-order valence-corrected chi connectivity index (χ0v) is 17.5. The Morgan fingerprint density at radius 1 is 1.10 bits per heavy atom. The van der Waals surface area contributed by atoms with Crippen molar-refractivity contribution in [3.8, 4) is 0 Å². The van der Waals surface area contributed by atoms with Crippen LogP contribution in [0.2, 0.25) is 0 Å². The van der Waals surface area contributed by atoms with Gasteiger partial charge in [0.1, 0.15) is 12.1 Å². The van der Waals surface area contributed by atoms with Gasteiger partial charge >= 0.3 is 6.03 Å². The highest BCUT2D eigenvalue weighted by Gasteiger charge is 2.49. The van der Waals surface area contributed by atoms with Gasteiger partial charge in [-0.05, 0) is 55.0 Å². The van der Waals surface area contributed by atoms with E-state index in [1.54, 1.807) is 13.0 Å². The van der Waals surface area contributed by atoms with Gasteiger partial charge in [0, 0.05) is 5.69 Å². The molecule has 2 N–H and O–H groups in total. The van der Waals surface area contributed by atoms with Crippen LogP contribution >= 0.6 is 0 Å². The summed E-state index contributed by atoms with van der Waals surface area (Å²) in [5.74, 6) is -0.478. The lowest BCUT2D eigenvalue weighted by molar-refractivity contribution is -0.133. The molecule has 6 nitrogen and oxygen atoms in total. The van der Waals surface area contributed by atoms with Gasteiger partial charge in [0.25, 0.3) is 5.91 Å². The third-order valence-corrected chi connectivity index (χ3v) is 5.61. The number of urea groups is 1. The van der Waals surface area contributed by atoms with Crippen molar-refractivity contribution in [2.75, 3.05) is 11.9 Å². The molecule has 3 rings (SSSR count). The maximum Gasteiger partial charge on any atom is 0.325 e. The van der Waals surface area contributed by atoms with Crippen LogP contribution in [0.1, 0.15) is 48.9 Å². The maximum atomic E-state index is 13.0. The van der Waals surface area contributed by atoms with Crippen LogP contribution in [-0.2, 0) is 15.1 Å².